The molecule has 3 aromatic rings. The lowest BCUT2D eigenvalue weighted by molar-refractivity contribution is 0.0691. The molecule has 0 saturated heterocycles. The molecule has 0 bridgehead atoms. The summed E-state index contributed by atoms with van der Waals surface area (Å²) >= 11 is 1.63. The van der Waals surface area contributed by atoms with E-state index in [0.717, 1.165) is 10.6 Å². The molecule has 2 aromatic heterocycles. The summed E-state index contributed by atoms with van der Waals surface area (Å²) in [6, 6.07) is 12.9. The van der Waals surface area contributed by atoms with Gasteiger partial charge in [-0.05, 0) is 42.7 Å². The average Bonchev–Trinajstić information content (AvgIpc) is 3.01. The lowest BCUT2D eigenvalue weighted by atomic mass is 10.2. The first-order valence-electron chi connectivity index (χ1n) is 6.45. The van der Waals surface area contributed by atoms with Crippen molar-refractivity contribution in [3.05, 3.63) is 54.4 Å². The number of carboxylic acids is 1. The van der Waals surface area contributed by atoms with Gasteiger partial charge in [0, 0.05) is 11.1 Å². The standard InChI is InChI=1S/C15H12N4O2S/c1-22-11-7-5-10(6-8-11)19-14(12-4-2-3-9-16-12)13(15(20)21)17-18-19/h2-9H,1H3,(H,20,21). The van der Waals surface area contributed by atoms with Crippen molar-refractivity contribution in [2.24, 2.45) is 0 Å². The minimum Gasteiger partial charge on any atom is -0.476 e. The summed E-state index contributed by atoms with van der Waals surface area (Å²) in [6.45, 7) is 0. The van der Waals surface area contributed by atoms with Crippen LogP contribution in [0.15, 0.2) is 53.6 Å². The summed E-state index contributed by atoms with van der Waals surface area (Å²) in [5.74, 6) is -1.13. The Hall–Kier alpha value is -2.67. The molecule has 0 unspecified atom stereocenters. The van der Waals surface area contributed by atoms with Gasteiger partial charge in [-0.15, -0.1) is 16.9 Å². The van der Waals surface area contributed by atoms with Gasteiger partial charge in [0.2, 0.25) is 0 Å². The molecule has 0 aliphatic rings. The third-order valence-electron chi connectivity index (χ3n) is 3.10. The van der Waals surface area contributed by atoms with Crippen LogP contribution in [0.25, 0.3) is 17.1 Å². The van der Waals surface area contributed by atoms with E-state index < -0.39 is 5.97 Å². The van der Waals surface area contributed by atoms with Gasteiger partial charge in [-0.2, -0.15) is 0 Å². The number of benzene rings is 1. The van der Waals surface area contributed by atoms with Crippen molar-refractivity contribution in [2.45, 2.75) is 4.90 Å². The van der Waals surface area contributed by atoms with Crippen molar-refractivity contribution in [1.29, 1.82) is 0 Å². The Labute approximate surface area is 130 Å². The van der Waals surface area contributed by atoms with Crippen molar-refractivity contribution in [1.82, 2.24) is 20.0 Å². The number of thioether (sulfide) groups is 1. The molecule has 3 rings (SSSR count). The van der Waals surface area contributed by atoms with E-state index >= 15 is 0 Å². The minimum atomic E-state index is -1.13. The van der Waals surface area contributed by atoms with Gasteiger partial charge in [-0.25, -0.2) is 9.48 Å². The molecule has 0 aliphatic carbocycles. The Kier molecular flexibility index (Phi) is 3.88. The topological polar surface area (TPSA) is 80.9 Å². The van der Waals surface area contributed by atoms with Crippen LogP contribution in [0.1, 0.15) is 10.5 Å². The molecule has 0 atom stereocenters. The van der Waals surface area contributed by atoms with E-state index in [1.54, 1.807) is 36.2 Å². The van der Waals surface area contributed by atoms with Crippen LogP contribution in [0.5, 0.6) is 0 Å². The zero-order valence-corrected chi connectivity index (χ0v) is 12.5. The predicted molar refractivity (Wildman–Crippen MR) is 83.3 cm³/mol. The van der Waals surface area contributed by atoms with Crippen molar-refractivity contribution in [2.75, 3.05) is 6.26 Å². The zero-order chi connectivity index (χ0) is 15.5. The molecule has 1 N–H and O–H groups in total. The summed E-state index contributed by atoms with van der Waals surface area (Å²) in [5, 5.41) is 17.1. The van der Waals surface area contributed by atoms with E-state index in [-0.39, 0.29) is 5.69 Å². The first-order chi connectivity index (χ1) is 10.7. The van der Waals surface area contributed by atoms with E-state index in [0.29, 0.717) is 11.4 Å². The molecule has 0 fully saturated rings. The van der Waals surface area contributed by atoms with Crippen LogP contribution in [0.4, 0.5) is 0 Å². The molecule has 6 nitrogen and oxygen atoms in total. The number of carbonyl (C=O) groups is 1. The predicted octanol–water partition coefficient (Wildman–Crippen LogP) is 2.75. The molecular formula is C15H12N4O2S. The monoisotopic (exact) mass is 312 g/mol. The Balaban J connectivity index is 2.17. The van der Waals surface area contributed by atoms with Crippen LogP contribution < -0.4 is 0 Å². The summed E-state index contributed by atoms with van der Waals surface area (Å²) in [7, 11) is 0. The molecule has 2 heterocycles. The van der Waals surface area contributed by atoms with E-state index in [4.69, 9.17) is 0 Å². The third kappa shape index (κ3) is 2.58. The molecule has 1 aromatic carbocycles. The number of hydrogen-bond donors (Lipinski definition) is 1. The number of aromatic carboxylic acids is 1. The number of aromatic nitrogens is 4. The highest BCUT2D eigenvalue weighted by Crippen LogP contribution is 2.24. The second kappa shape index (κ2) is 5.98. The van der Waals surface area contributed by atoms with Gasteiger partial charge in [0.25, 0.3) is 0 Å². The fourth-order valence-electron chi connectivity index (χ4n) is 2.06. The van der Waals surface area contributed by atoms with Crippen LogP contribution in [0.3, 0.4) is 0 Å². The van der Waals surface area contributed by atoms with Crippen molar-refractivity contribution >= 4 is 17.7 Å². The maximum absolute atomic E-state index is 11.4. The molecule has 0 spiro atoms. The van der Waals surface area contributed by atoms with Crippen LogP contribution in [-0.4, -0.2) is 37.3 Å². The zero-order valence-electron chi connectivity index (χ0n) is 11.7. The Morgan fingerprint density at radius 2 is 1.95 bits per heavy atom. The molecule has 0 saturated carbocycles. The number of carboxylic acid groups (broad SMARTS) is 1. The number of nitrogens with zero attached hydrogens (tertiary/aromatic N) is 4. The van der Waals surface area contributed by atoms with Crippen molar-refractivity contribution in [3.8, 4) is 17.1 Å². The molecule has 0 amide bonds. The van der Waals surface area contributed by atoms with Gasteiger partial charge < -0.3 is 5.11 Å². The molecule has 0 aliphatic heterocycles. The molecule has 22 heavy (non-hydrogen) atoms. The highest BCUT2D eigenvalue weighted by Gasteiger charge is 2.22. The Morgan fingerprint density at radius 3 is 2.55 bits per heavy atom. The second-order valence-corrected chi connectivity index (χ2v) is 5.30. The number of rotatable bonds is 4. The first kappa shape index (κ1) is 14.3. The van der Waals surface area contributed by atoms with Gasteiger partial charge in [0.05, 0.1) is 11.4 Å². The lowest BCUT2D eigenvalue weighted by Gasteiger charge is -2.07. The number of hydrogen-bond acceptors (Lipinski definition) is 5. The van der Waals surface area contributed by atoms with Crippen LogP contribution in [-0.2, 0) is 0 Å². The lowest BCUT2D eigenvalue weighted by Crippen LogP contribution is -2.04. The van der Waals surface area contributed by atoms with Crippen LogP contribution in [0.2, 0.25) is 0 Å². The largest absolute Gasteiger partial charge is 0.476 e. The quantitative estimate of drug-likeness (QED) is 0.746. The smallest absolute Gasteiger partial charge is 0.358 e. The van der Waals surface area contributed by atoms with E-state index in [1.807, 2.05) is 30.5 Å². The SMILES string of the molecule is CSc1ccc(-n2nnc(C(=O)O)c2-c2ccccn2)cc1. The van der Waals surface area contributed by atoms with Crippen molar-refractivity contribution in [3.63, 3.8) is 0 Å². The highest BCUT2D eigenvalue weighted by molar-refractivity contribution is 7.98. The number of pyridine rings is 1. The van der Waals surface area contributed by atoms with Crippen molar-refractivity contribution < 1.29 is 9.90 Å². The molecule has 7 heteroatoms. The third-order valence-corrected chi connectivity index (χ3v) is 3.84. The minimum absolute atomic E-state index is 0.118. The van der Waals surface area contributed by atoms with Gasteiger partial charge in [0.15, 0.2) is 5.69 Å². The summed E-state index contributed by atoms with van der Waals surface area (Å²) < 4.78 is 1.50. The fourth-order valence-corrected chi connectivity index (χ4v) is 2.47. The highest BCUT2D eigenvalue weighted by atomic mass is 32.2. The van der Waals surface area contributed by atoms with E-state index in [2.05, 4.69) is 15.3 Å². The van der Waals surface area contributed by atoms with Gasteiger partial charge >= 0.3 is 5.97 Å². The van der Waals surface area contributed by atoms with E-state index in [1.165, 1.54) is 4.68 Å². The molecule has 0 radical (unpaired) electrons. The van der Waals surface area contributed by atoms with E-state index in [9.17, 15) is 9.90 Å². The summed E-state index contributed by atoms with van der Waals surface area (Å²) in [4.78, 5) is 16.7. The second-order valence-electron chi connectivity index (χ2n) is 4.42. The molecular weight excluding hydrogens is 300 g/mol. The van der Waals surface area contributed by atoms with Crippen LogP contribution in [0, 0.1) is 0 Å². The first-order valence-corrected chi connectivity index (χ1v) is 7.68. The van der Waals surface area contributed by atoms with Gasteiger partial charge in [0.1, 0.15) is 5.69 Å². The molecule has 110 valence electrons. The maximum Gasteiger partial charge on any atom is 0.358 e. The average molecular weight is 312 g/mol. The Morgan fingerprint density at radius 1 is 1.18 bits per heavy atom. The normalized spacial score (nSPS) is 10.6. The van der Waals surface area contributed by atoms with Gasteiger partial charge in [-0.3, -0.25) is 4.98 Å². The van der Waals surface area contributed by atoms with Gasteiger partial charge in [-0.1, -0.05) is 11.3 Å². The summed E-state index contributed by atoms with van der Waals surface area (Å²) in [6.07, 6.45) is 3.60. The summed E-state index contributed by atoms with van der Waals surface area (Å²) in [5.41, 5.74) is 1.50. The fraction of sp³-hybridized carbons (Fsp3) is 0.0667. The maximum atomic E-state index is 11.4. The van der Waals surface area contributed by atoms with Crippen LogP contribution >= 0.6 is 11.8 Å². The Bertz CT molecular complexity index is 800.